The van der Waals surface area contributed by atoms with Crippen LogP contribution in [0.3, 0.4) is 0 Å². The molecule has 0 N–H and O–H groups in total. The number of thioether (sulfide) groups is 1. The molecule has 0 spiro atoms. The lowest BCUT2D eigenvalue weighted by molar-refractivity contribution is 1.10. The van der Waals surface area contributed by atoms with Gasteiger partial charge < -0.3 is 0 Å². The van der Waals surface area contributed by atoms with Crippen molar-refractivity contribution < 1.29 is 0 Å². The first-order chi connectivity index (χ1) is 5.36. The number of aromatic nitrogens is 1. The van der Waals surface area contributed by atoms with E-state index in [4.69, 9.17) is 0 Å². The summed E-state index contributed by atoms with van der Waals surface area (Å²) in [5.74, 6) is 0. The number of rotatable bonds is 0. The molecule has 0 saturated heterocycles. The maximum absolute atomic E-state index is 4.27. The zero-order valence-corrected chi connectivity index (χ0v) is 7.01. The van der Waals surface area contributed by atoms with Gasteiger partial charge >= 0.3 is 0 Å². The van der Waals surface area contributed by atoms with Gasteiger partial charge in [0.2, 0.25) is 0 Å². The number of fused-ring (bicyclic) bond motifs is 1. The van der Waals surface area contributed by atoms with Crippen molar-refractivity contribution in [3.8, 4) is 0 Å². The van der Waals surface area contributed by atoms with Crippen molar-refractivity contribution in [2.45, 2.75) is 17.2 Å². The van der Waals surface area contributed by atoms with Gasteiger partial charge in [-0.3, -0.25) is 4.99 Å². The van der Waals surface area contributed by atoms with E-state index in [-0.39, 0.29) is 0 Å². The molecule has 1 aromatic rings. The number of pyridine rings is 1. The zero-order valence-electron chi connectivity index (χ0n) is 6.19. The van der Waals surface area contributed by atoms with Crippen LogP contribution in [0.1, 0.15) is 6.92 Å². The first kappa shape index (κ1) is 6.85. The average molecular weight is 164 g/mol. The summed E-state index contributed by atoms with van der Waals surface area (Å²) in [5.41, 5.74) is 0.996. The SMILES string of the molecule is CC1C=Nc2cccnc2S1. The van der Waals surface area contributed by atoms with Crippen LogP contribution in [-0.2, 0) is 0 Å². The van der Waals surface area contributed by atoms with Gasteiger partial charge in [0.05, 0.1) is 5.69 Å². The van der Waals surface area contributed by atoms with Crippen LogP contribution in [0.4, 0.5) is 5.69 Å². The van der Waals surface area contributed by atoms with Crippen LogP contribution in [0.2, 0.25) is 0 Å². The van der Waals surface area contributed by atoms with Crippen molar-refractivity contribution in [2.75, 3.05) is 0 Å². The molecule has 0 aromatic carbocycles. The molecule has 1 aliphatic rings. The molecule has 0 amide bonds. The Morgan fingerprint density at radius 2 is 2.45 bits per heavy atom. The quantitative estimate of drug-likeness (QED) is 0.587. The van der Waals surface area contributed by atoms with Gasteiger partial charge in [-0.25, -0.2) is 4.98 Å². The molecule has 2 nitrogen and oxygen atoms in total. The van der Waals surface area contributed by atoms with Crippen LogP contribution < -0.4 is 0 Å². The van der Waals surface area contributed by atoms with Crippen molar-refractivity contribution in [2.24, 2.45) is 4.99 Å². The summed E-state index contributed by atoms with van der Waals surface area (Å²) in [6.45, 7) is 2.12. The summed E-state index contributed by atoms with van der Waals surface area (Å²) in [4.78, 5) is 8.48. The van der Waals surface area contributed by atoms with Gasteiger partial charge in [-0.1, -0.05) is 11.8 Å². The minimum atomic E-state index is 0.456. The maximum atomic E-state index is 4.27. The molecule has 0 saturated carbocycles. The maximum Gasteiger partial charge on any atom is 0.122 e. The average Bonchev–Trinajstić information content (AvgIpc) is 2.04. The highest BCUT2D eigenvalue weighted by atomic mass is 32.2. The fourth-order valence-electron chi connectivity index (χ4n) is 0.963. The third-order valence-electron chi connectivity index (χ3n) is 1.47. The van der Waals surface area contributed by atoms with E-state index in [1.165, 1.54) is 0 Å². The Morgan fingerprint density at radius 1 is 1.55 bits per heavy atom. The predicted octanol–water partition coefficient (Wildman–Crippen LogP) is 2.28. The minimum Gasteiger partial charge on any atom is -0.257 e. The van der Waals surface area contributed by atoms with Crippen LogP contribution in [-0.4, -0.2) is 16.4 Å². The van der Waals surface area contributed by atoms with Gasteiger partial charge in [0.1, 0.15) is 5.03 Å². The molecule has 1 aliphatic heterocycles. The smallest absolute Gasteiger partial charge is 0.122 e. The second-order valence-electron chi connectivity index (χ2n) is 2.43. The standard InChI is InChI=1S/C8H8N2S/c1-6-5-10-7-3-2-4-9-8(7)11-6/h2-6H,1H3. The Morgan fingerprint density at radius 3 is 3.36 bits per heavy atom. The topological polar surface area (TPSA) is 25.2 Å². The Hall–Kier alpha value is -0.830. The van der Waals surface area contributed by atoms with Crippen LogP contribution in [0.5, 0.6) is 0 Å². The van der Waals surface area contributed by atoms with Crippen LogP contribution >= 0.6 is 11.8 Å². The van der Waals surface area contributed by atoms with Gasteiger partial charge in [0, 0.05) is 17.7 Å². The predicted molar refractivity (Wildman–Crippen MR) is 47.7 cm³/mol. The molecule has 11 heavy (non-hydrogen) atoms. The fourth-order valence-corrected chi connectivity index (χ4v) is 1.80. The zero-order chi connectivity index (χ0) is 7.68. The van der Waals surface area contributed by atoms with Crippen LogP contribution in [0.15, 0.2) is 28.3 Å². The molecule has 1 atom stereocenters. The van der Waals surface area contributed by atoms with Gasteiger partial charge in [0.15, 0.2) is 0 Å². The Bertz CT molecular complexity index is 296. The first-order valence-corrected chi connectivity index (χ1v) is 4.40. The van der Waals surface area contributed by atoms with E-state index in [2.05, 4.69) is 16.9 Å². The molecule has 2 rings (SSSR count). The minimum absolute atomic E-state index is 0.456. The second kappa shape index (κ2) is 2.66. The Balaban J connectivity index is 2.46. The molecule has 0 aliphatic carbocycles. The van der Waals surface area contributed by atoms with Gasteiger partial charge in [0.25, 0.3) is 0 Å². The largest absolute Gasteiger partial charge is 0.257 e. The Labute approximate surface area is 69.8 Å². The van der Waals surface area contributed by atoms with E-state index in [1.807, 2.05) is 18.3 Å². The molecule has 0 fully saturated rings. The van der Waals surface area contributed by atoms with Crippen molar-refractivity contribution in [1.82, 2.24) is 4.98 Å². The highest BCUT2D eigenvalue weighted by molar-refractivity contribution is 8.00. The van der Waals surface area contributed by atoms with Crippen molar-refractivity contribution in [3.63, 3.8) is 0 Å². The Kier molecular flexibility index (Phi) is 1.66. The summed E-state index contributed by atoms with van der Waals surface area (Å²) >= 11 is 1.75. The monoisotopic (exact) mass is 164 g/mol. The van der Waals surface area contributed by atoms with Gasteiger partial charge in [-0.15, -0.1) is 0 Å². The summed E-state index contributed by atoms with van der Waals surface area (Å²) in [6.07, 6.45) is 3.76. The molecule has 3 heteroatoms. The van der Waals surface area contributed by atoms with E-state index < -0.39 is 0 Å². The van der Waals surface area contributed by atoms with Crippen LogP contribution in [0, 0.1) is 0 Å². The van der Waals surface area contributed by atoms with E-state index in [9.17, 15) is 0 Å². The molecule has 56 valence electrons. The first-order valence-electron chi connectivity index (χ1n) is 3.52. The number of hydrogen-bond donors (Lipinski definition) is 0. The lowest BCUT2D eigenvalue weighted by Gasteiger charge is -2.11. The lowest BCUT2D eigenvalue weighted by atomic mass is 10.4. The molecule has 1 aromatic heterocycles. The lowest BCUT2D eigenvalue weighted by Crippen LogP contribution is -2.01. The fraction of sp³-hybridized carbons (Fsp3) is 0.250. The number of aliphatic imine (C=N–C) groups is 1. The van der Waals surface area contributed by atoms with E-state index in [1.54, 1.807) is 18.0 Å². The molecule has 1 unspecified atom stereocenters. The summed E-state index contributed by atoms with van der Waals surface area (Å²) < 4.78 is 0. The molecular weight excluding hydrogens is 156 g/mol. The normalized spacial score (nSPS) is 21.4. The van der Waals surface area contributed by atoms with E-state index >= 15 is 0 Å². The molecule has 0 bridgehead atoms. The van der Waals surface area contributed by atoms with E-state index in [0.29, 0.717) is 5.25 Å². The van der Waals surface area contributed by atoms with Gasteiger partial charge in [-0.2, -0.15) is 0 Å². The molecule has 2 heterocycles. The van der Waals surface area contributed by atoms with Crippen molar-refractivity contribution in [3.05, 3.63) is 18.3 Å². The molecule has 0 radical (unpaired) electrons. The third-order valence-corrected chi connectivity index (χ3v) is 2.50. The van der Waals surface area contributed by atoms with Crippen molar-refractivity contribution >= 4 is 23.7 Å². The highest BCUT2D eigenvalue weighted by Crippen LogP contribution is 2.32. The number of nitrogens with zero attached hydrogens (tertiary/aromatic N) is 2. The van der Waals surface area contributed by atoms with Crippen molar-refractivity contribution in [1.29, 1.82) is 0 Å². The molecular formula is C8H8N2S. The van der Waals surface area contributed by atoms with E-state index in [0.717, 1.165) is 10.7 Å². The summed E-state index contributed by atoms with van der Waals surface area (Å²) in [7, 11) is 0. The number of hydrogen-bond acceptors (Lipinski definition) is 3. The van der Waals surface area contributed by atoms with Gasteiger partial charge in [-0.05, 0) is 19.1 Å². The summed E-state index contributed by atoms with van der Waals surface area (Å²) in [5, 5.41) is 1.50. The third kappa shape index (κ3) is 1.28. The highest BCUT2D eigenvalue weighted by Gasteiger charge is 2.11. The van der Waals surface area contributed by atoms with Crippen LogP contribution in [0.25, 0.3) is 0 Å². The second-order valence-corrected chi connectivity index (χ2v) is 3.79. The summed E-state index contributed by atoms with van der Waals surface area (Å²) in [6, 6.07) is 3.89.